The van der Waals surface area contributed by atoms with Gasteiger partial charge in [0.2, 0.25) is 5.78 Å². The fourth-order valence-electron chi connectivity index (χ4n) is 4.35. The van der Waals surface area contributed by atoms with E-state index in [0.717, 1.165) is 17.7 Å². The number of imidazole rings is 1. The molecule has 0 bridgehead atoms. The van der Waals surface area contributed by atoms with E-state index in [4.69, 9.17) is 14.0 Å². The number of alkyl halides is 3. The van der Waals surface area contributed by atoms with Crippen LogP contribution in [-0.4, -0.2) is 66.3 Å². The van der Waals surface area contributed by atoms with Gasteiger partial charge in [-0.05, 0) is 48.7 Å². The van der Waals surface area contributed by atoms with Crippen molar-refractivity contribution < 1.29 is 44.6 Å². The van der Waals surface area contributed by atoms with Crippen molar-refractivity contribution in [2.24, 2.45) is 5.11 Å². The standard InChI is InChI=1S/C30H31F3N7O7S/c1-19-13-36-29-38-27(17-40(29)16-19)22-5-3-20(2)26(12-22)37-28(41)24-6-4-21(11-25(24)30(31,32)33)14-35-15-23(39-34)18-46-8-7-45-9-10-47-48(42,43)44/h3-6,11-13,15-17,35H,7-10,14,18H2,1-2H3,(H,37,41)(H,42,43,44)/q-1/b23-15-. The third-order valence-electron chi connectivity index (χ3n) is 6.64. The topological polar surface area (TPSA) is 188 Å². The predicted molar refractivity (Wildman–Crippen MR) is 167 cm³/mol. The lowest BCUT2D eigenvalue weighted by molar-refractivity contribution is -0.137. The summed E-state index contributed by atoms with van der Waals surface area (Å²) in [5.74, 6) is -0.466. The molecule has 0 saturated heterocycles. The number of amides is 1. The van der Waals surface area contributed by atoms with Gasteiger partial charge >= 0.3 is 16.6 Å². The summed E-state index contributed by atoms with van der Waals surface area (Å²) >= 11 is 0. The van der Waals surface area contributed by atoms with Crippen LogP contribution in [0.2, 0.25) is 0 Å². The highest BCUT2D eigenvalue weighted by molar-refractivity contribution is 7.80. The number of carbonyl (C=O) groups is 1. The van der Waals surface area contributed by atoms with E-state index in [9.17, 15) is 31.9 Å². The number of nitrogens with one attached hydrogen (secondary N) is 2. The van der Waals surface area contributed by atoms with Gasteiger partial charge in [0.15, 0.2) is 0 Å². The van der Waals surface area contributed by atoms with Crippen LogP contribution < -0.4 is 10.6 Å². The normalized spacial score (nSPS) is 12.3. The Labute approximate surface area is 273 Å². The molecule has 18 heteroatoms. The molecule has 0 aliphatic heterocycles. The fraction of sp³-hybridized carbons (Fsp3) is 0.300. The molecular weight excluding hydrogens is 659 g/mol. The van der Waals surface area contributed by atoms with Gasteiger partial charge in [-0.25, -0.2) is 14.2 Å². The molecule has 0 aliphatic carbocycles. The minimum atomic E-state index is -4.84. The smallest absolute Gasteiger partial charge is 0.417 e. The molecule has 0 radical (unpaired) electrons. The monoisotopic (exact) mass is 690 g/mol. The third kappa shape index (κ3) is 10.4. The number of halogens is 3. The van der Waals surface area contributed by atoms with Gasteiger partial charge in [0, 0.05) is 42.6 Å². The molecule has 1 amide bonds. The Bertz CT molecular complexity index is 1910. The maximum atomic E-state index is 14.1. The van der Waals surface area contributed by atoms with Crippen molar-refractivity contribution in [3.05, 3.63) is 100 Å². The lowest BCUT2D eigenvalue weighted by Crippen LogP contribution is -2.20. The number of carbonyl (C=O) groups excluding carboxylic acids is 1. The van der Waals surface area contributed by atoms with E-state index in [1.807, 2.05) is 13.1 Å². The second-order valence-electron chi connectivity index (χ2n) is 10.4. The van der Waals surface area contributed by atoms with Gasteiger partial charge in [-0.1, -0.05) is 18.2 Å². The minimum absolute atomic E-state index is 0.0179. The van der Waals surface area contributed by atoms with E-state index in [-0.39, 0.29) is 44.2 Å². The molecule has 0 aliphatic rings. The van der Waals surface area contributed by atoms with Gasteiger partial charge in [0.25, 0.3) is 5.91 Å². The zero-order chi connectivity index (χ0) is 34.9. The molecule has 0 unspecified atom stereocenters. The second kappa shape index (κ2) is 15.9. The number of anilines is 1. The van der Waals surface area contributed by atoms with Crippen LogP contribution in [-0.2, 0) is 36.8 Å². The molecule has 48 heavy (non-hydrogen) atoms. The van der Waals surface area contributed by atoms with Gasteiger partial charge in [-0.15, -0.1) is 0 Å². The number of benzene rings is 2. The molecule has 0 fully saturated rings. The number of hydrogen-bond donors (Lipinski definition) is 3. The van der Waals surface area contributed by atoms with Crippen LogP contribution in [0.15, 0.2) is 72.0 Å². The first kappa shape index (κ1) is 36.1. The van der Waals surface area contributed by atoms with E-state index in [1.54, 1.807) is 41.9 Å². The van der Waals surface area contributed by atoms with E-state index in [2.05, 4.69) is 29.9 Å². The molecule has 256 valence electrons. The van der Waals surface area contributed by atoms with Crippen LogP contribution in [0.3, 0.4) is 0 Å². The lowest BCUT2D eigenvalue weighted by atomic mass is 10.0. The van der Waals surface area contributed by atoms with Crippen molar-refractivity contribution in [1.82, 2.24) is 19.7 Å². The fourth-order valence-corrected chi connectivity index (χ4v) is 4.62. The third-order valence-corrected chi connectivity index (χ3v) is 7.10. The predicted octanol–water partition coefficient (Wildman–Crippen LogP) is 5.09. The highest BCUT2D eigenvalue weighted by Crippen LogP contribution is 2.34. The van der Waals surface area contributed by atoms with Crippen LogP contribution in [0.4, 0.5) is 18.9 Å². The molecule has 4 aromatic rings. The van der Waals surface area contributed by atoms with Gasteiger partial charge in [-0.3, -0.25) is 13.7 Å². The summed E-state index contributed by atoms with van der Waals surface area (Å²) in [6.07, 6.45) is 1.72. The molecule has 0 atom stereocenters. The molecule has 2 aromatic heterocycles. The SMILES string of the molecule is Cc1cnc2nc(-c3ccc(C)c(NC(=O)c4ccc(CN/C=C(/COCCOCCOS(=O)(=O)O)N=[N-])cc4C(F)(F)F)c3)cn2c1. The molecule has 14 nitrogen and oxygen atoms in total. The van der Waals surface area contributed by atoms with Crippen LogP contribution in [0.25, 0.3) is 22.6 Å². The minimum Gasteiger partial charge on any atom is -0.707 e. The first-order valence-corrected chi connectivity index (χ1v) is 15.6. The summed E-state index contributed by atoms with van der Waals surface area (Å²) < 4.78 is 87.8. The summed E-state index contributed by atoms with van der Waals surface area (Å²) in [5, 5.41) is 8.40. The lowest BCUT2D eigenvalue weighted by Gasteiger charge is -2.16. The summed E-state index contributed by atoms with van der Waals surface area (Å²) in [7, 11) is -4.55. The Morgan fingerprint density at radius 2 is 1.83 bits per heavy atom. The van der Waals surface area contributed by atoms with Gasteiger partial charge < -0.3 is 30.8 Å². The molecule has 4 rings (SSSR count). The maximum absolute atomic E-state index is 14.1. The summed E-state index contributed by atoms with van der Waals surface area (Å²) in [5.41, 5.74) is 10.8. The van der Waals surface area contributed by atoms with E-state index in [0.29, 0.717) is 28.3 Å². The van der Waals surface area contributed by atoms with Gasteiger partial charge in [0.05, 0.1) is 55.6 Å². The van der Waals surface area contributed by atoms with Crippen molar-refractivity contribution in [3.63, 3.8) is 0 Å². The van der Waals surface area contributed by atoms with Crippen LogP contribution in [0, 0.1) is 13.8 Å². The highest BCUT2D eigenvalue weighted by Gasteiger charge is 2.35. The van der Waals surface area contributed by atoms with Crippen LogP contribution in [0.5, 0.6) is 0 Å². The number of nitrogens with zero attached hydrogens (tertiary/aromatic N) is 5. The number of aryl methyl sites for hydroxylation is 2. The molecular formula is C30H31F3N7O7S-. The first-order valence-electron chi connectivity index (χ1n) is 14.2. The largest absolute Gasteiger partial charge is 0.707 e. The van der Waals surface area contributed by atoms with Crippen LogP contribution in [0.1, 0.15) is 32.6 Å². The number of fused-ring (bicyclic) bond motifs is 1. The molecule has 0 spiro atoms. The number of aromatic nitrogens is 3. The Hall–Kier alpha value is -4.75. The molecule has 2 aromatic carbocycles. The summed E-state index contributed by atoms with van der Waals surface area (Å²) in [4.78, 5) is 21.9. The number of rotatable bonds is 16. The van der Waals surface area contributed by atoms with Crippen molar-refractivity contribution in [2.45, 2.75) is 26.6 Å². The van der Waals surface area contributed by atoms with Crippen molar-refractivity contribution in [3.8, 4) is 11.3 Å². The van der Waals surface area contributed by atoms with E-state index in [1.165, 1.54) is 12.3 Å². The average Bonchev–Trinajstić information content (AvgIpc) is 3.44. The summed E-state index contributed by atoms with van der Waals surface area (Å²) in [6, 6.07) is 8.50. The molecule has 0 saturated carbocycles. The number of ether oxygens (including phenoxy) is 2. The molecule has 2 heterocycles. The van der Waals surface area contributed by atoms with Gasteiger partial charge in [-0.2, -0.15) is 21.6 Å². The summed E-state index contributed by atoms with van der Waals surface area (Å²) in [6.45, 7) is 2.87. The second-order valence-corrected chi connectivity index (χ2v) is 11.4. The zero-order valence-electron chi connectivity index (χ0n) is 25.7. The highest BCUT2D eigenvalue weighted by atomic mass is 32.3. The number of hydrogen-bond acceptors (Lipinski definition) is 10. The first-order chi connectivity index (χ1) is 22.7. The van der Waals surface area contributed by atoms with Gasteiger partial charge in [0.1, 0.15) is 0 Å². The Morgan fingerprint density at radius 3 is 2.56 bits per heavy atom. The Kier molecular flexibility index (Phi) is 12.0. The average molecular weight is 691 g/mol. The zero-order valence-corrected chi connectivity index (χ0v) is 26.5. The molecule has 3 N–H and O–H groups in total. The van der Waals surface area contributed by atoms with Crippen LogP contribution >= 0.6 is 0 Å². The van der Waals surface area contributed by atoms with Crippen molar-refractivity contribution in [1.29, 1.82) is 0 Å². The Balaban J connectivity index is 1.37. The maximum Gasteiger partial charge on any atom is 0.417 e. The van der Waals surface area contributed by atoms with E-state index < -0.39 is 40.2 Å². The quantitative estimate of drug-likeness (QED) is 0.0812. The Morgan fingerprint density at radius 1 is 1.08 bits per heavy atom. The van der Waals surface area contributed by atoms with Crippen molar-refractivity contribution in [2.75, 3.05) is 38.4 Å². The van der Waals surface area contributed by atoms with E-state index >= 15 is 0 Å². The van der Waals surface area contributed by atoms with Crippen molar-refractivity contribution >= 4 is 27.8 Å².